The van der Waals surface area contributed by atoms with Crippen LogP contribution in [0.25, 0.3) is 0 Å². The lowest BCUT2D eigenvalue weighted by Crippen LogP contribution is -2.22. The van der Waals surface area contributed by atoms with Crippen molar-refractivity contribution >= 4 is 11.9 Å². The maximum absolute atomic E-state index is 12.2. The van der Waals surface area contributed by atoms with E-state index >= 15 is 0 Å². The first kappa shape index (κ1) is 19.5. The maximum atomic E-state index is 12.2. The summed E-state index contributed by atoms with van der Waals surface area (Å²) in [6.45, 7) is 3.23. The van der Waals surface area contributed by atoms with Crippen LogP contribution in [0.1, 0.15) is 45.6 Å². The number of carbonyl (C=O) groups excluding carboxylic acids is 1. The van der Waals surface area contributed by atoms with E-state index < -0.39 is 11.9 Å². The number of amides is 1. The van der Waals surface area contributed by atoms with Gasteiger partial charge in [-0.15, -0.1) is 0 Å². The number of carboxylic acids is 1. The molecule has 0 aliphatic carbocycles. The van der Waals surface area contributed by atoms with E-state index in [1.807, 2.05) is 24.3 Å². The molecule has 1 aromatic carbocycles. The molecule has 0 unspecified atom stereocenters. The second-order valence-corrected chi connectivity index (χ2v) is 5.63. The molecule has 0 spiro atoms. The van der Waals surface area contributed by atoms with Crippen LogP contribution in [-0.4, -0.2) is 37.3 Å². The van der Waals surface area contributed by atoms with Gasteiger partial charge in [-0.2, -0.15) is 0 Å². The van der Waals surface area contributed by atoms with Crippen molar-refractivity contribution in [1.82, 2.24) is 5.32 Å². The lowest BCUT2D eigenvalue weighted by atomic mass is 10.2. The first-order valence-corrected chi connectivity index (χ1v) is 8.40. The quantitative estimate of drug-likeness (QED) is 0.632. The molecule has 26 heavy (non-hydrogen) atoms. The third-order valence-electron chi connectivity index (χ3n) is 3.70. The largest absolute Gasteiger partial charge is 0.493 e. The molecule has 7 nitrogen and oxygen atoms in total. The van der Waals surface area contributed by atoms with E-state index in [0.29, 0.717) is 25.4 Å². The van der Waals surface area contributed by atoms with E-state index in [0.717, 1.165) is 12.0 Å². The fourth-order valence-electron chi connectivity index (χ4n) is 2.39. The van der Waals surface area contributed by atoms with Gasteiger partial charge in [0.15, 0.2) is 5.76 Å². The van der Waals surface area contributed by atoms with Crippen molar-refractivity contribution < 1.29 is 28.6 Å². The molecule has 2 rings (SSSR count). The molecule has 1 aromatic heterocycles. The van der Waals surface area contributed by atoms with Crippen LogP contribution in [0.3, 0.4) is 0 Å². The predicted octanol–water partition coefficient (Wildman–Crippen LogP) is 2.89. The lowest BCUT2D eigenvalue weighted by molar-refractivity contribution is 0.0694. The highest BCUT2D eigenvalue weighted by atomic mass is 16.5. The Morgan fingerprint density at radius 3 is 2.69 bits per heavy atom. The van der Waals surface area contributed by atoms with Crippen molar-refractivity contribution in [2.45, 2.75) is 26.3 Å². The molecule has 2 aromatic rings. The SMILES string of the molecule is CCc1oc(C(=O)NCc2cccc(OCCCOC)c2)cc1C(=O)O. The number of rotatable bonds is 10. The molecule has 2 N–H and O–H groups in total. The number of furan rings is 1. The van der Waals surface area contributed by atoms with Gasteiger partial charge >= 0.3 is 5.97 Å². The molecule has 0 bridgehead atoms. The van der Waals surface area contributed by atoms with Crippen molar-refractivity contribution in [2.75, 3.05) is 20.3 Å². The number of carbonyl (C=O) groups is 2. The number of benzene rings is 1. The lowest BCUT2D eigenvalue weighted by Gasteiger charge is -2.08. The normalized spacial score (nSPS) is 10.5. The summed E-state index contributed by atoms with van der Waals surface area (Å²) in [5.41, 5.74) is 0.882. The molecular formula is C19H23NO6. The van der Waals surface area contributed by atoms with Crippen LogP contribution in [0.4, 0.5) is 0 Å². The fraction of sp³-hybridized carbons (Fsp3) is 0.368. The summed E-state index contributed by atoms with van der Waals surface area (Å²) in [5.74, 6) is -0.575. The van der Waals surface area contributed by atoms with E-state index in [-0.39, 0.29) is 23.6 Å². The van der Waals surface area contributed by atoms with Crippen LogP contribution in [0.2, 0.25) is 0 Å². The number of aryl methyl sites for hydroxylation is 1. The van der Waals surface area contributed by atoms with Gasteiger partial charge in [0.2, 0.25) is 0 Å². The molecule has 1 amide bonds. The molecule has 0 aliphatic heterocycles. The standard InChI is InChI=1S/C19H23NO6/c1-3-16-15(19(22)23)11-17(26-16)18(21)20-12-13-6-4-7-14(10-13)25-9-5-8-24-2/h4,6-7,10-11H,3,5,8-9,12H2,1-2H3,(H,20,21)(H,22,23). The van der Waals surface area contributed by atoms with Crippen LogP contribution in [0, 0.1) is 0 Å². The van der Waals surface area contributed by atoms with Crippen LogP contribution in [0.15, 0.2) is 34.7 Å². The van der Waals surface area contributed by atoms with Crippen LogP contribution < -0.4 is 10.1 Å². The van der Waals surface area contributed by atoms with Crippen molar-refractivity contribution in [3.05, 3.63) is 53.0 Å². The van der Waals surface area contributed by atoms with Gasteiger partial charge in [0.05, 0.1) is 6.61 Å². The Bertz CT molecular complexity index is 752. The van der Waals surface area contributed by atoms with Crippen molar-refractivity contribution in [2.24, 2.45) is 0 Å². The number of hydrogen-bond donors (Lipinski definition) is 2. The fourth-order valence-corrected chi connectivity index (χ4v) is 2.39. The maximum Gasteiger partial charge on any atom is 0.339 e. The highest BCUT2D eigenvalue weighted by Crippen LogP contribution is 2.17. The Kier molecular flexibility index (Phi) is 7.23. The molecule has 0 atom stereocenters. The van der Waals surface area contributed by atoms with E-state index in [9.17, 15) is 9.59 Å². The van der Waals surface area contributed by atoms with Gasteiger partial charge in [-0.3, -0.25) is 4.79 Å². The average Bonchev–Trinajstić information content (AvgIpc) is 3.08. The van der Waals surface area contributed by atoms with E-state index in [2.05, 4.69) is 5.32 Å². The number of aromatic carboxylic acids is 1. The van der Waals surface area contributed by atoms with E-state index in [4.69, 9.17) is 19.0 Å². The molecule has 0 aliphatic rings. The monoisotopic (exact) mass is 361 g/mol. The third kappa shape index (κ3) is 5.35. The molecule has 0 fully saturated rings. The highest BCUT2D eigenvalue weighted by Gasteiger charge is 2.19. The molecule has 1 heterocycles. The van der Waals surface area contributed by atoms with Gasteiger partial charge in [0, 0.05) is 39.2 Å². The Morgan fingerprint density at radius 2 is 2.04 bits per heavy atom. The zero-order valence-corrected chi connectivity index (χ0v) is 14.9. The average molecular weight is 361 g/mol. The molecular weight excluding hydrogens is 338 g/mol. The molecule has 0 radical (unpaired) electrons. The third-order valence-corrected chi connectivity index (χ3v) is 3.70. The van der Waals surface area contributed by atoms with Crippen LogP contribution in [0.5, 0.6) is 5.75 Å². The summed E-state index contributed by atoms with van der Waals surface area (Å²) < 4.78 is 15.9. The van der Waals surface area contributed by atoms with Crippen LogP contribution >= 0.6 is 0 Å². The first-order chi connectivity index (χ1) is 12.5. The molecule has 0 saturated heterocycles. The topological polar surface area (TPSA) is 98.0 Å². The minimum atomic E-state index is -1.11. The summed E-state index contributed by atoms with van der Waals surface area (Å²) in [4.78, 5) is 23.4. The van der Waals surface area contributed by atoms with Gasteiger partial charge in [0.25, 0.3) is 5.91 Å². The first-order valence-electron chi connectivity index (χ1n) is 8.40. The number of ether oxygens (including phenoxy) is 2. The molecule has 7 heteroatoms. The minimum absolute atomic E-state index is 0.00813. The summed E-state index contributed by atoms with van der Waals surface area (Å²) >= 11 is 0. The second kappa shape index (κ2) is 9.62. The molecule has 0 saturated carbocycles. The van der Waals surface area contributed by atoms with Crippen LogP contribution in [-0.2, 0) is 17.7 Å². The Morgan fingerprint density at radius 1 is 1.23 bits per heavy atom. The molecule has 140 valence electrons. The van der Waals surface area contributed by atoms with E-state index in [1.165, 1.54) is 6.07 Å². The second-order valence-electron chi connectivity index (χ2n) is 5.63. The smallest absolute Gasteiger partial charge is 0.339 e. The van der Waals surface area contributed by atoms with Gasteiger partial charge < -0.3 is 24.3 Å². The number of hydrogen-bond acceptors (Lipinski definition) is 5. The van der Waals surface area contributed by atoms with Gasteiger partial charge in [0.1, 0.15) is 17.1 Å². The summed E-state index contributed by atoms with van der Waals surface area (Å²) in [6.07, 6.45) is 1.19. The van der Waals surface area contributed by atoms with Crippen molar-refractivity contribution in [3.63, 3.8) is 0 Å². The summed E-state index contributed by atoms with van der Waals surface area (Å²) in [6, 6.07) is 8.65. The van der Waals surface area contributed by atoms with Crippen molar-refractivity contribution in [3.8, 4) is 5.75 Å². The number of methoxy groups -OCH3 is 1. The Labute approximate surface area is 151 Å². The van der Waals surface area contributed by atoms with Gasteiger partial charge in [-0.1, -0.05) is 19.1 Å². The van der Waals surface area contributed by atoms with Gasteiger partial charge in [-0.05, 0) is 17.7 Å². The predicted molar refractivity (Wildman–Crippen MR) is 94.6 cm³/mol. The number of nitrogens with one attached hydrogen (secondary N) is 1. The van der Waals surface area contributed by atoms with E-state index in [1.54, 1.807) is 14.0 Å². The number of carboxylic acid groups (broad SMARTS) is 1. The summed E-state index contributed by atoms with van der Waals surface area (Å²) in [7, 11) is 1.64. The summed E-state index contributed by atoms with van der Waals surface area (Å²) in [5, 5.41) is 11.8. The van der Waals surface area contributed by atoms with Gasteiger partial charge in [-0.25, -0.2) is 4.79 Å². The Balaban J connectivity index is 1.94. The van der Waals surface area contributed by atoms with Crippen molar-refractivity contribution in [1.29, 1.82) is 0 Å². The minimum Gasteiger partial charge on any atom is -0.493 e. The Hall–Kier alpha value is -2.80. The zero-order chi connectivity index (χ0) is 18.9. The zero-order valence-electron chi connectivity index (χ0n) is 14.9. The highest BCUT2D eigenvalue weighted by molar-refractivity contribution is 5.96.